The Labute approximate surface area is 118 Å². The molecule has 0 aliphatic heterocycles. The molecular weight excluding hydrogens is 260 g/mol. The minimum absolute atomic E-state index is 0.0161. The average molecular weight is 282 g/mol. The van der Waals surface area contributed by atoms with Gasteiger partial charge in [0, 0.05) is 17.2 Å². The molecule has 1 aliphatic rings. The van der Waals surface area contributed by atoms with Crippen molar-refractivity contribution in [3.63, 3.8) is 0 Å². The lowest BCUT2D eigenvalue weighted by molar-refractivity contribution is -0.133. The van der Waals surface area contributed by atoms with Crippen LogP contribution in [0.2, 0.25) is 0 Å². The van der Waals surface area contributed by atoms with Crippen LogP contribution in [0.4, 0.5) is 4.79 Å². The minimum Gasteiger partial charge on any atom is -0.478 e. The lowest BCUT2D eigenvalue weighted by Gasteiger charge is -2.27. The van der Waals surface area contributed by atoms with Crippen molar-refractivity contribution in [1.82, 2.24) is 10.6 Å². The van der Waals surface area contributed by atoms with E-state index in [-0.39, 0.29) is 22.6 Å². The normalized spacial score (nSPS) is 21.9. The molecular formula is C14H22N2O4. The molecule has 20 heavy (non-hydrogen) atoms. The van der Waals surface area contributed by atoms with Gasteiger partial charge in [-0.15, -0.1) is 0 Å². The number of hydrogen-bond donors (Lipinski definition) is 3. The highest BCUT2D eigenvalue weighted by Gasteiger charge is 2.35. The van der Waals surface area contributed by atoms with Gasteiger partial charge in [0.2, 0.25) is 0 Å². The summed E-state index contributed by atoms with van der Waals surface area (Å²) < 4.78 is 0. The molecule has 1 unspecified atom stereocenters. The SMILES string of the molecule is CC(C(=O)O)=C(C)C(=O)NC(=O)NC1CCCC1(C)C. The lowest BCUT2D eigenvalue weighted by Crippen LogP contribution is -2.48. The molecule has 0 bridgehead atoms. The van der Waals surface area contributed by atoms with E-state index in [0.717, 1.165) is 19.3 Å². The summed E-state index contributed by atoms with van der Waals surface area (Å²) in [6, 6.07) is -0.548. The smallest absolute Gasteiger partial charge is 0.331 e. The number of carbonyl (C=O) groups is 3. The van der Waals surface area contributed by atoms with E-state index in [9.17, 15) is 14.4 Å². The van der Waals surface area contributed by atoms with Crippen LogP contribution in [-0.2, 0) is 9.59 Å². The number of rotatable bonds is 3. The van der Waals surface area contributed by atoms with Gasteiger partial charge in [-0.3, -0.25) is 10.1 Å². The number of hydrogen-bond acceptors (Lipinski definition) is 3. The van der Waals surface area contributed by atoms with E-state index in [4.69, 9.17) is 5.11 Å². The van der Waals surface area contributed by atoms with Gasteiger partial charge in [-0.2, -0.15) is 0 Å². The summed E-state index contributed by atoms with van der Waals surface area (Å²) in [5.74, 6) is -1.85. The summed E-state index contributed by atoms with van der Waals surface area (Å²) >= 11 is 0. The molecule has 112 valence electrons. The van der Waals surface area contributed by atoms with Crippen molar-refractivity contribution in [2.24, 2.45) is 5.41 Å². The van der Waals surface area contributed by atoms with Gasteiger partial charge in [0.15, 0.2) is 0 Å². The highest BCUT2D eigenvalue weighted by Crippen LogP contribution is 2.36. The average Bonchev–Trinajstić information content (AvgIpc) is 2.66. The van der Waals surface area contributed by atoms with Gasteiger partial charge in [0.25, 0.3) is 5.91 Å². The molecule has 0 aromatic carbocycles. The van der Waals surface area contributed by atoms with Crippen LogP contribution in [0, 0.1) is 5.41 Å². The standard InChI is InChI=1S/C14H22N2O4/c1-8(9(2)12(18)19)11(17)16-13(20)15-10-6-5-7-14(10,3)4/h10H,5-7H2,1-4H3,(H,18,19)(H2,15,16,17,20). The molecule has 1 rings (SSSR count). The van der Waals surface area contributed by atoms with Gasteiger partial charge in [0.1, 0.15) is 0 Å². The maximum atomic E-state index is 11.8. The molecule has 6 heteroatoms. The van der Waals surface area contributed by atoms with Gasteiger partial charge in [-0.1, -0.05) is 20.3 Å². The highest BCUT2D eigenvalue weighted by molar-refractivity contribution is 6.07. The first kappa shape index (κ1) is 16.2. The Kier molecular flexibility index (Phi) is 4.92. The Balaban J connectivity index is 2.61. The van der Waals surface area contributed by atoms with E-state index in [0.29, 0.717) is 0 Å². The maximum absolute atomic E-state index is 11.8. The zero-order valence-corrected chi connectivity index (χ0v) is 12.4. The minimum atomic E-state index is -1.17. The summed E-state index contributed by atoms with van der Waals surface area (Å²) in [7, 11) is 0. The summed E-state index contributed by atoms with van der Waals surface area (Å²) in [6.07, 6.45) is 2.96. The largest absolute Gasteiger partial charge is 0.478 e. The van der Waals surface area contributed by atoms with Crippen molar-refractivity contribution in [2.75, 3.05) is 0 Å². The van der Waals surface area contributed by atoms with Crippen molar-refractivity contribution < 1.29 is 19.5 Å². The van der Waals surface area contributed by atoms with Gasteiger partial charge in [-0.05, 0) is 32.1 Å². The summed E-state index contributed by atoms with van der Waals surface area (Å²) in [6.45, 7) is 6.86. The van der Waals surface area contributed by atoms with Crippen molar-refractivity contribution >= 4 is 17.9 Å². The van der Waals surface area contributed by atoms with Crippen LogP contribution in [0.15, 0.2) is 11.1 Å². The van der Waals surface area contributed by atoms with Crippen LogP contribution in [0.1, 0.15) is 47.0 Å². The predicted octanol–water partition coefficient (Wildman–Crippen LogP) is 1.81. The predicted molar refractivity (Wildman–Crippen MR) is 74.1 cm³/mol. The summed E-state index contributed by atoms with van der Waals surface area (Å²) in [4.78, 5) is 34.3. The van der Waals surface area contributed by atoms with Crippen LogP contribution in [0.5, 0.6) is 0 Å². The molecule has 0 aromatic rings. The number of nitrogens with one attached hydrogen (secondary N) is 2. The monoisotopic (exact) mass is 282 g/mol. The molecule has 3 amide bonds. The van der Waals surface area contributed by atoms with Crippen molar-refractivity contribution in [2.45, 2.75) is 53.0 Å². The van der Waals surface area contributed by atoms with Crippen molar-refractivity contribution in [3.05, 3.63) is 11.1 Å². The molecule has 3 N–H and O–H groups in total. The second-order valence-corrected chi connectivity index (χ2v) is 5.92. The van der Waals surface area contributed by atoms with Crippen LogP contribution < -0.4 is 10.6 Å². The Morgan fingerprint density at radius 2 is 1.75 bits per heavy atom. The summed E-state index contributed by atoms with van der Waals surface area (Å²) in [5, 5.41) is 13.7. The molecule has 0 aromatic heterocycles. The molecule has 0 spiro atoms. The second kappa shape index (κ2) is 6.07. The van der Waals surface area contributed by atoms with E-state index < -0.39 is 17.9 Å². The number of urea groups is 1. The quantitative estimate of drug-likeness (QED) is 0.688. The van der Waals surface area contributed by atoms with Crippen molar-refractivity contribution in [1.29, 1.82) is 0 Å². The first-order valence-electron chi connectivity index (χ1n) is 6.68. The first-order chi connectivity index (χ1) is 9.15. The molecule has 6 nitrogen and oxygen atoms in total. The first-order valence-corrected chi connectivity index (χ1v) is 6.68. The fourth-order valence-corrected chi connectivity index (χ4v) is 2.32. The lowest BCUT2D eigenvalue weighted by atomic mass is 9.87. The fraction of sp³-hybridized carbons (Fsp3) is 0.643. The Hall–Kier alpha value is -1.85. The third-order valence-corrected chi connectivity index (χ3v) is 4.01. The number of aliphatic carboxylic acids is 1. The molecule has 1 atom stereocenters. The topological polar surface area (TPSA) is 95.5 Å². The van der Waals surface area contributed by atoms with E-state index in [1.807, 2.05) is 0 Å². The third kappa shape index (κ3) is 3.82. The van der Waals surface area contributed by atoms with Gasteiger partial charge >= 0.3 is 12.0 Å². The molecule has 1 fully saturated rings. The zero-order chi connectivity index (χ0) is 15.5. The van der Waals surface area contributed by atoms with E-state index in [1.165, 1.54) is 13.8 Å². The second-order valence-electron chi connectivity index (χ2n) is 5.92. The molecule has 0 heterocycles. The Bertz CT molecular complexity index is 466. The third-order valence-electron chi connectivity index (χ3n) is 4.01. The summed E-state index contributed by atoms with van der Waals surface area (Å²) in [5.41, 5.74) is -0.0303. The van der Waals surface area contributed by atoms with E-state index >= 15 is 0 Å². The van der Waals surface area contributed by atoms with Crippen molar-refractivity contribution in [3.8, 4) is 0 Å². The van der Waals surface area contributed by atoms with Gasteiger partial charge in [-0.25, -0.2) is 9.59 Å². The van der Waals surface area contributed by atoms with Gasteiger partial charge < -0.3 is 10.4 Å². The van der Waals surface area contributed by atoms with Crippen LogP contribution >= 0.6 is 0 Å². The Morgan fingerprint density at radius 3 is 2.20 bits per heavy atom. The number of carboxylic acids is 1. The van der Waals surface area contributed by atoms with Gasteiger partial charge in [0.05, 0.1) is 0 Å². The van der Waals surface area contributed by atoms with E-state index in [2.05, 4.69) is 24.5 Å². The number of imide groups is 1. The molecule has 0 saturated heterocycles. The number of carbonyl (C=O) groups excluding carboxylic acids is 2. The highest BCUT2D eigenvalue weighted by atomic mass is 16.4. The molecule has 1 saturated carbocycles. The molecule has 1 aliphatic carbocycles. The number of amides is 3. The van der Waals surface area contributed by atoms with Crippen LogP contribution in [-0.4, -0.2) is 29.1 Å². The zero-order valence-electron chi connectivity index (χ0n) is 12.4. The maximum Gasteiger partial charge on any atom is 0.331 e. The Morgan fingerprint density at radius 1 is 1.15 bits per heavy atom. The van der Waals surface area contributed by atoms with Crippen LogP contribution in [0.3, 0.4) is 0 Å². The molecule has 0 radical (unpaired) electrons. The fourth-order valence-electron chi connectivity index (χ4n) is 2.32. The van der Waals surface area contributed by atoms with Crippen LogP contribution in [0.25, 0.3) is 0 Å². The number of carboxylic acid groups (broad SMARTS) is 1. The van der Waals surface area contributed by atoms with E-state index in [1.54, 1.807) is 0 Å².